The molecule has 0 fully saturated rings. The number of aromatic nitrogens is 1. The van der Waals surface area contributed by atoms with Crippen LogP contribution >= 0.6 is 11.3 Å². The molecule has 1 amide bonds. The van der Waals surface area contributed by atoms with Crippen molar-refractivity contribution in [2.75, 3.05) is 20.8 Å². The number of carbonyl (C=O) groups excluding carboxylic acids is 1. The van der Waals surface area contributed by atoms with Gasteiger partial charge in [-0.05, 0) is 31.2 Å². The minimum absolute atomic E-state index is 0.142. The zero-order valence-corrected chi connectivity index (χ0v) is 18.3. The summed E-state index contributed by atoms with van der Waals surface area (Å²) in [5.74, 6) is 1.59. The first-order valence-electron chi connectivity index (χ1n) is 9.70. The van der Waals surface area contributed by atoms with Crippen LogP contribution in [0.25, 0.3) is 21.2 Å². The van der Waals surface area contributed by atoms with E-state index in [1.54, 1.807) is 26.4 Å². The van der Waals surface area contributed by atoms with Gasteiger partial charge in [-0.15, -0.1) is 6.58 Å². The zero-order chi connectivity index (χ0) is 22.0. The average molecular weight is 439 g/mol. The van der Waals surface area contributed by atoms with Gasteiger partial charge < -0.3 is 23.2 Å². The number of hydrogen-bond donors (Lipinski definition) is 0. The molecule has 4 aromatic rings. The first kappa shape index (κ1) is 20.7. The molecule has 2 aromatic carbocycles. The number of allylic oxidation sites excluding steroid dienone is 1. The Morgan fingerprint density at radius 3 is 2.68 bits per heavy atom. The standard InChI is InChI=1S/C23H22N2O5S/c1-5-12-25-19-15(27-3)10-11-17(28-4)21(19)31-23(25)24-22(26)18-13-14-8-7-9-16(29-6-2)20(14)30-18/h5,7-11,13H,1,6,12H2,2-4H3. The number of carbonyl (C=O) groups is 1. The zero-order valence-electron chi connectivity index (χ0n) is 17.5. The Kier molecular flexibility index (Phi) is 5.81. The number of para-hydroxylation sites is 1. The van der Waals surface area contributed by atoms with Crippen LogP contribution in [0.3, 0.4) is 0 Å². The maximum atomic E-state index is 13.0. The fourth-order valence-corrected chi connectivity index (χ4v) is 4.54. The van der Waals surface area contributed by atoms with E-state index >= 15 is 0 Å². The largest absolute Gasteiger partial charge is 0.495 e. The lowest BCUT2D eigenvalue weighted by Gasteiger charge is -2.08. The van der Waals surface area contributed by atoms with Gasteiger partial charge in [0.2, 0.25) is 0 Å². The summed E-state index contributed by atoms with van der Waals surface area (Å²) in [6.07, 6.45) is 1.74. The van der Waals surface area contributed by atoms with E-state index in [1.165, 1.54) is 11.3 Å². The van der Waals surface area contributed by atoms with Gasteiger partial charge in [0.25, 0.3) is 0 Å². The molecule has 2 heterocycles. The summed E-state index contributed by atoms with van der Waals surface area (Å²) in [5, 5.41) is 0.781. The maximum absolute atomic E-state index is 13.0. The van der Waals surface area contributed by atoms with Crippen LogP contribution in [0.15, 0.2) is 58.5 Å². The van der Waals surface area contributed by atoms with E-state index in [4.69, 9.17) is 18.6 Å². The van der Waals surface area contributed by atoms with E-state index in [-0.39, 0.29) is 5.76 Å². The Bertz CT molecular complexity index is 1350. The summed E-state index contributed by atoms with van der Waals surface area (Å²) < 4.78 is 25.1. The summed E-state index contributed by atoms with van der Waals surface area (Å²) in [4.78, 5) is 17.8. The molecule has 4 rings (SSSR count). The topological polar surface area (TPSA) is 75.2 Å². The van der Waals surface area contributed by atoms with Crippen molar-refractivity contribution in [2.45, 2.75) is 13.5 Å². The van der Waals surface area contributed by atoms with Gasteiger partial charge in [-0.3, -0.25) is 4.79 Å². The molecule has 2 aromatic heterocycles. The first-order valence-corrected chi connectivity index (χ1v) is 10.5. The van der Waals surface area contributed by atoms with Crippen LogP contribution < -0.4 is 19.0 Å². The normalized spacial score (nSPS) is 11.8. The number of hydrogen-bond acceptors (Lipinski definition) is 6. The quantitative estimate of drug-likeness (QED) is 0.388. The number of fused-ring (bicyclic) bond motifs is 2. The van der Waals surface area contributed by atoms with Crippen LogP contribution in [0, 0.1) is 0 Å². The van der Waals surface area contributed by atoms with Crippen molar-refractivity contribution in [1.29, 1.82) is 0 Å². The molecule has 0 radical (unpaired) electrons. The minimum Gasteiger partial charge on any atom is -0.495 e. The molecule has 0 N–H and O–H groups in total. The molecule has 0 atom stereocenters. The summed E-state index contributed by atoms with van der Waals surface area (Å²) >= 11 is 1.34. The molecule has 0 aliphatic carbocycles. The Labute approximate surface area is 182 Å². The average Bonchev–Trinajstić information content (AvgIpc) is 3.37. The predicted molar refractivity (Wildman–Crippen MR) is 120 cm³/mol. The smallest absolute Gasteiger partial charge is 0.315 e. The number of thiazole rings is 1. The van der Waals surface area contributed by atoms with Gasteiger partial charge in [0.1, 0.15) is 21.7 Å². The third-order valence-corrected chi connectivity index (χ3v) is 5.81. The maximum Gasteiger partial charge on any atom is 0.315 e. The number of benzene rings is 2. The van der Waals surface area contributed by atoms with Gasteiger partial charge in [-0.25, -0.2) is 0 Å². The summed E-state index contributed by atoms with van der Waals surface area (Å²) in [5.41, 5.74) is 1.32. The van der Waals surface area contributed by atoms with Crippen molar-refractivity contribution in [3.8, 4) is 17.2 Å². The molecule has 0 saturated carbocycles. The Balaban J connectivity index is 1.88. The SMILES string of the molecule is C=CCn1c(=NC(=O)c2cc3cccc(OCC)c3o2)sc2c(OC)ccc(OC)c21. The fourth-order valence-electron chi connectivity index (χ4n) is 3.39. The Morgan fingerprint density at radius 2 is 1.97 bits per heavy atom. The number of furan rings is 1. The fraction of sp³-hybridized carbons (Fsp3) is 0.217. The van der Waals surface area contributed by atoms with E-state index in [2.05, 4.69) is 11.6 Å². The molecular formula is C23H22N2O5S. The summed E-state index contributed by atoms with van der Waals surface area (Å²) in [6.45, 7) is 6.67. The first-order chi connectivity index (χ1) is 15.1. The lowest BCUT2D eigenvalue weighted by atomic mass is 10.2. The van der Waals surface area contributed by atoms with E-state index in [9.17, 15) is 4.79 Å². The van der Waals surface area contributed by atoms with Crippen LogP contribution in [-0.4, -0.2) is 31.3 Å². The van der Waals surface area contributed by atoms with Gasteiger partial charge >= 0.3 is 5.91 Å². The van der Waals surface area contributed by atoms with Crippen molar-refractivity contribution in [3.05, 3.63) is 59.6 Å². The van der Waals surface area contributed by atoms with Crippen molar-refractivity contribution in [1.82, 2.24) is 4.57 Å². The second-order valence-corrected chi connectivity index (χ2v) is 7.54. The van der Waals surface area contributed by atoms with E-state index in [1.807, 2.05) is 41.8 Å². The highest BCUT2D eigenvalue weighted by Crippen LogP contribution is 2.35. The van der Waals surface area contributed by atoms with E-state index in [0.717, 1.165) is 15.6 Å². The molecule has 0 aliphatic rings. The molecule has 0 bridgehead atoms. The predicted octanol–water partition coefficient (Wildman–Crippen LogP) is 4.79. The molecule has 0 saturated heterocycles. The monoisotopic (exact) mass is 438 g/mol. The van der Waals surface area contributed by atoms with Gasteiger partial charge in [-0.1, -0.05) is 29.5 Å². The van der Waals surface area contributed by atoms with Gasteiger partial charge in [0, 0.05) is 11.9 Å². The molecule has 160 valence electrons. The second kappa shape index (κ2) is 8.69. The van der Waals surface area contributed by atoms with Crippen molar-refractivity contribution >= 4 is 38.4 Å². The molecule has 0 unspecified atom stereocenters. The number of methoxy groups -OCH3 is 2. The highest BCUT2D eigenvalue weighted by molar-refractivity contribution is 7.16. The van der Waals surface area contributed by atoms with Crippen LogP contribution in [0.2, 0.25) is 0 Å². The summed E-state index contributed by atoms with van der Waals surface area (Å²) in [6, 6.07) is 10.9. The number of rotatable bonds is 7. The highest BCUT2D eigenvalue weighted by Gasteiger charge is 2.18. The number of nitrogens with zero attached hydrogens (tertiary/aromatic N) is 2. The molecule has 0 aliphatic heterocycles. The molecule has 8 heteroatoms. The Hall–Kier alpha value is -3.52. The second-order valence-electron chi connectivity index (χ2n) is 6.57. The third-order valence-electron chi connectivity index (χ3n) is 4.72. The van der Waals surface area contributed by atoms with Gasteiger partial charge in [-0.2, -0.15) is 4.99 Å². The lowest BCUT2D eigenvalue weighted by Crippen LogP contribution is -2.16. The number of ether oxygens (including phenoxy) is 3. The van der Waals surface area contributed by atoms with Crippen LogP contribution in [0.1, 0.15) is 17.5 Å². The van der Waals surface area contributed by atoms with Crippen molar-refractivity contribution in [3.63, 3.8) is 0 Å². The van der Waals surface area contributed by atoms with E-state index < -0.39 is 5.91 Å². The number of amides is 1. The summed E-state index contributed by atoms with van der Waals surface area (Å²) in [7, 11) is 3.20. The lowest BCUT2D eigenvalue weighted by molar-refractivity contribution is 0.0973. The van der Waals surface area contributed by atoms with Crippen LogP contribution in [-0.2, 0) is 6.54 Å². The van der Waals surface area contributed by atoms with Gasteiger partial charge in [0.05, 0.1) is 20.8 Å². The molecule has 7 nitrogen and oxygen atoms in total. The molecule has 0 spiro atoms. The Morgan fingerprint density at radius 1 is 1.19 bits per heavy atom. The highest BCUT2D eigenvalue weighted by atomic mass is 32.1. The molecular weight excluding hydrogens is 416 g/mol. The van der Waals surface area contributed by atoms with Crippen molar-refractivity contribution in [2.24, 2.45) is 4.99 Å². The van der Waals surface area contributed by atoms with E-state index in [0.29, 0.717) is 40.8 Å². The van der Waals surface area contributed by atoms with Crippen molar-refractivity contribution < 1.29 is 23.4 Å². The molecule has 31 heavy (non-hydrogen) atoms. The minimum atomic E-state index is -0.485. The van der Waals surface area contributed by atoms with Gasteiger partial charge in [0.15, 0.2) is 21.9 Å². The van der Waals surface area contributed by atoms with Crippen LogP contribution in [0.5, 0.6) is 17.2 Å². The third kappa shape index (κ3) is 3.70. The van der Waals surface area contributed by atoms with Crippen LogP contribution in [0.4, 0.5) is 0 Å².